The Hall–Kier alpha value is -3.59. The molecule has 0 aliphatic rings. The van der Waals surface area contributed by atoms with E-state index in [0.29, 0.717) is 5.56 Å². The topological polar surface area (TPSA) is 128 Å². The van der Waals surface area contributed by atoms with E-state index >= 15 is 0 Å². The Bertz CT molecular complexity index is 1070. The first kappa shape index (κ1) is 29.6. The summed E-state index contributed by atoms with van der Waals surface area (Å²) in [6.07, 6.45) is -0.771. The predicted molar refractivity (Wildman–Crippen MR) is 141 cm³/mol. The molecular formula is C28H39N3O6. The Balaban J connectivity index is 2.47. The summed E-state index contributed by atoms with van der Waals surface area (Å²) in [4.78, 5) is 41.2. The lowest BCUT2D eigenvalue weighted by atomic mass is 9.97. The molecule has 4 N–H and O–H groups in total. The summed E-state index contributed by atoms with van der Waals surface area (Å²) in [5.41, 5.74) is 0.830. The molecule has 3 amide bonds. The molecule has 9 heteroatoms. The van der Waals surface area contributed by atoms with Crippen molar-refractivity contribution in [1.29, 1.82) is 0 Å². The van der Waals surface area contributed by atoms with Gasteiger partial charge in [-0.3, -0.25) is 9.59 Å². The van der Waals surface area contributed by atoms with Crippen LogP contribution in [0.15, 0.2) is 48.5 Å². The van der Waals surface area contributed by atoms with Gasteiger partial charge in [0.2, 0.25) is 11.8 Å². The van der Waals surface area contributed by atoms with E-state index in [1.165, 1.54) is 4.90 Å². The molecule has 2 aromatic carbocycles. The van der Waals surface area contributed by atoms with Crippen LogP contribution in [0.25, 0.3) is 0 Å². The number of phenols is 1. The zero-order valence-corrected chi connectivity index (χ0v) is 22.4. The minimum Gasteiger partial charge on any atom is -0.507 e. The third-order valence-corrected chi connectivity index (χ3v) is 5.66. The molecule has 2 unspecified atom stereocenters. The SMILES string of the molecule is Cc1cccc(C(C(=O)NCc2ccccc2)N(CCO)C(=O)C(NC(=O)OC(C)(C)C)C(C)C)c1O. The fraction of sp³-hybridized carbons (Fsp3) is 0.464. The summed E-state index contributed by atoms with van der Waals surface area (Å²) in [6.45, 7) is 9.91. The monoisotopic (exact) mass is 513 g/mol. The summed E-state index contributed by atoms with van der Waals surface area (Å²) in [7, 11) is 0. The third-order valence-electron chi connectivity index (χ3n) is 5.66. The minimum absolute atomic E-state index is 0.126. The fourth-order valence-electron chi connectivity index (χ4n) is 3.84. The number of amides is 3. The van der Waals surface area contributed by atoms with E-state index in [-0.39, 0.29) is 30.3 Å². The van der Waals surface area contributed by atoms with Crippen molar-refractivity contribution in [2.75, 3.05) is 13.2 Å². The maximum absolute atomic E-state index is 13.8. The van der Waals surface area contributed by atoms with Gasteiger partial charge in [-0.15, -0.1) is 0 Å². The summed E-state index contributed by atoms with van der Waals surface area (Å²) in [6, 6.07) is 11.9. The standard InChI is InChI=1S/C28H39N3O6/c1-18(2)22(30-27(36)37-28(4,5)6)26(35)31(15-16-32)23(21-14-10-11-19(3)24(21)33)25(34)29-17-20-12-8-7-9-13-20/h7-14,18,22-23,32-33H,15-17H2,1-6H3,(H,29,34)(H,30,36). The normalized spacial score (nSPS) is 13.0. The first-order valence-corrected chi connectivity index (χ1v) is 12.4. The lowest BCUT2D eigenvalue weighted by molar-refractivity contribution is -0.144. The van der Waals surface area contributed by atoms with E-state index in [1.54, 1.807) is 59.7 Å². The van der Waals surface area contributed by atoms with Crippen molar-refractivity contribution < 1.29 is 29.3 Å². The molecule has 0 bridgehead atoms. The van der Waals surface area contributed by atoms with Crippen LogP contribution in [0.2, 0.25) is 0 Å². The number of hydrogen-bond donors (Lipinski definition) is 4. The van der Waals surface area contributed by atoms with E-state index in [4.69, 9.17) is 4.74 Å². The summed E-state index contributed by atoms with van der Waals surface area (Å²) < 4.78 is 5.33. The van der Waals surface area contributed by atoms with E-state index < -0.39 is 42.2 Å². The minimum atomic E-state index is -1.26. The number of aryl methyl sites for hydroxylation is 1. The molecule has 2 rings (SSSR count). The smallest absolute Gasteiger partial charge is 0.408 e. The number of benzene rings is 2. The van der Waals surface area contributed by atoms with Crippen LogP contribution in [0, 0.1) is 12.8 Å². The first-order valence-electron chi connectivity index (χ1n) is 12.4. The number of rotatable bonds is 10. The highest BCUT2D eigenvalue weighted by Crippen LogP contribution is 2.32. The van der Waals surface area contributed by atoms with Gasteiger partial charge in [-0.05, 0) is 44.7 Å². The molecule has 0 saturated heterocycles. The number of phenolic OH excluding ortho intramolecular Hbond substituents is 1. The number of aliphatic hydroxyl groups is 1. The van der Waals surface area contributed by atoms with E-state index in [1.807, 2.05) is 30.3 Å². The van der Waals surface area contributed by atoms with Gasteiger partial charge >= 0.3 is 6.09 Å². The maximum atomic E-state index is 13.8. The van der Waals surface area contributed by atoms with Crippen molar-refractivity contribution in [3.63, 3.8) is 0 Å². The van der Waals surface area contributed by atoms with Gasteiger partial charge in [-0.25, -0.2) is 4.79 Å². The quantitative estimate of drug-likeness (QED) is 0.385. The number of aliphatic hydroxyl groups excluding tert-OH is 1. The molecule has 0 spiro atoms. The van der Waals surface area contributed by atoms with Gasteiger partial charge in [0, 0.05) is 18.7 Å². The van der Waals surface area contributed by atoms with Gasteiger partial charge in [0.15, 0.2) is 0 Å². The predicted octanol–water partition coefficient (Wildman–Crippen LogP) is 3.43. The fourth-order valence-corrected chi connectivity index (χ4v) is 3.84. The van der Waals surface area contributed by atoms with Gasteiger partial charge in [-0.1, -0.05) is 62.4 Å². The molecule has 9 nitrogen and oxygen atoms in total. The molecular weight excluding hydrogens is 474 g/mol. The highest BCUT2D eigenvalue weighted by atomic mass is 16.6. The van der Waals surface area contributed by atoms with Gasteiger partial charge in [0.05, 0.1) is 6.61 Å². The Labute approximate surface area is 218 Å². The molecule has 0 aromatic heterocycles. The van der Waals surface area contributed by atoms with Gasteiger partial charge < -0.3 is 30.5 Å². The van der Waals surface area contributed by atoms with Gasteiger partial charge in [0.1, 0.15) is 23.4 Å². The first-order chi connectivity index (χ1) is 17.4. The van der Waals surface area contributed by atoms with E-state index in [2.05, 4.69) is 10.6 Å². The molecule has 2 aromatic rings. The van der Waals surface area contributed by atoms with Crippen LogP contribution < -0.4 is 10.6 Å². The lowest BCUT2D eigenvalue weighted by Gasteiger charge is -2.35. The Morgan fingerprint density at radius 1 is 1.03 bits per heavy atom. The summed E-state index contributed by atoms with van der Waals surface area (Å²) in [5, 5.41) is 26.2. The molecule has 0 heterocycles. The van der Waals surface area contributed by atoms with Crippen molar-refractivity contribution >= 4 is 17.9 Å². The largest absolute Gasteiger partial charge is 0.507 e. The number of ether oxygens (including phenoxy) is 1. The molecule has 202 valence electrons. The number of alkyl carbamates (subject to hydrolysis) is 1. The second-order valence-electron chi connectivity index (χ2n) is 10.2. The highest BCUT2D eigenvalue weighted by Gasteiger charge is 2.38. The Morgan fingerprint density at radius 3 is 2.24 bits per heavy atom. The number of carbonyl (C=O) groups is 3. The van der Waals surface area contributed by atoms with E-state index in [0.717, 1.165) is 5.56 Å². The van der Waals surface area contributed by atoms with Crippen LogP contribution in [0.5, 0.6) is 5.75 Å². The summed E-state index contributed by atoms with van der Waals surface area (Å²) >= 11 is 0. The Morgan fingerprint density at radius 2 is 1.68 bits per heavy atom. The van der Waals surface area contributed by atoms with Crippen LogP contribution in [0.3, 0.4) is 0 Å². The number of hydrogen-bond acceptors (Lipinski definition) is 6. The van der Waals surface area contributed by atoms with E-state index in [9.17, 15) is 24.6 Å². The zero-order chi connectivity index (χ0) is 27.8. The van der Waals surface area contributed by atoms with Crippen molar-refractivity contribution in [2.24, 2.45) is 5.92 Å². The van der Waals surface area contributed by atoms with Gasteiger partial charge in [0.25, 0.3) is 0 Å². The second-order valence-corrected chi connectivity index (χ2v) is 10.2. The number of carbonyl (C=O) groups excluding carboxylic acids is 3. The van der Waals surface area contributed by atoms with Crippen LogP contribution >= 0.6 is 0 Å². The van der Waals surface area contributed by atoms with Crippen LogP contribution in [-0.2, 0) is 20.9 Å². The van der Waals surface area contributed by atoms with Crippen LogP contribution in [0.1, 0.15) is 57.4 Å². The number of aromatic hydroxyl groups is 1. The van der Waals surface area contributed by atoms with Crippen molar-refractivity contribution in [2.45, 2.75) is 65.8 Å². The lowest BCUT2D eigenvalue weighted by Crippen LogP contribution is -2.55. The molecule has 0 saturated carbocycles. The molecule has 0 aliphatic heterocycles. The van der Waals surface area contributed by atoms with Gasteiger partial charge in [-0.2, -0.15) is 0 Å². The average Bonchev–Trinajstić information content (AvgIpc) is 2.82. The summed E-state index contributed by atoms with van der Waals surface area (Å²) in [5.74, 6) is -1.61. The number of nitrogens with one attached hydrogen (secondary N) is 2. The number of nitrogens with zero attached hydrogens (tertiary/aromatic N) is 1. The van der Waals surface area contributed by atoms with Crippen LogP contribution in [0.4, 0.5) is 4.79 Å². The zero-order valence-electron chi connectivity index (χ0n) is 22.4. The maximum Gasteiger partial charge on any atom is 0.408 e. The van der Waals surface area contributed by atoms with Crippen LogP contribution in [-0.4, -0.2) is 57.8 Å². The number of para-hydroxylation sites is 1. The third kappa shape index (κ3) is 8.49. The molecule has 0 radical (unpaired) electrons. The van der Waals surface area contributed by atoms with Crippen molar-refractivity contribution in [3.05, 3.63) is 65.2 Å². The van der Waals surface area contributed by atoms with Crippen molar-refractivity contribution in [3.8, 4) is 5.75 Å². The Kier molecular flexibility index (Phi) is 10.5. The molecule has 0 aliphatic carbocycles. The second kappa shape index (κ2) is 13.1. The molecule has 0 fully saturated rings. The van der Waals surface area contributed by atoms with Crippen molar-refractivity contribution in [1.82, 2.24) is 15.5 Å². The molecule has 2 atom stereocenters. The molecule has 37 heavy (non-hydrogen) atoms. The average molecular weight is 514 g/mol. The highest BCUT2D eigenvalue weighted by molar-refractivity contribution is 5.92.